The summed E-state index contributed by atoms with van der Waals surface area (Å²) in [7, 11) is 0. The molecule has 0 bridgehead atoms. The molecule has 0 aromatic heterocycles. The molecule has 0 fully saturated rings. The highest BCUT2D eigenvalue weighted by Crippen LogP contribution is 2.15. The van der Waals surface area contributed by atoms with Crippen LogP contribution >= 0.6 is 23.2 Å². The van der Waals surface area contributed by atoms with Gasteiger partial charge in [-0.1, -0.05) is 35.3 Å². The molecule has 0 heterocycles. The number of imide groups is 1. The van der Waals surface area contributed by atoms with Gasteiger partial charge in [0.1, 0.15) is 0 Å². The average molecular weight is 272 g/mol. The van der Waals surface area contributed by atoms with Crippen LogP contribution in [0.4, 0.5) is 0 Å². The van der Waals surface area contributed by atoms with Gasteiger partial charge in [0, 0.05) is 10.6 Å². The molecular weight excluding hydrogens is 261 g/mol. The molecule has 0 aliphatic rings. The van der Waals surface area contributed by atoms with Crippen LogP contribution in [0.1, 0.15) is 24.2 Å². The van der Waals surface area contributed by atoms with Crippen LogP contribution < -0.4 is 5.32 Å². The van der Waals surface area contributed by atoms with Gasteiger partial charge in [0.15, 0.2) is 0 Å². The first-order valence-corrected chi connectivity index (χ1v) is 5.62. The molecule has 90 valence electrons. The molecule has 2 amide bonds. The normalized spacial score (nSPS) is 11.8. The number of halogens is 2. The minimum Gasteiger partial charge on any atom is -0.288 e. The zero-order valence-electron chi connectivity index (χ0n) is 9.38. The summed E-state index contributed by atoms with van der Waals surface area (Å²) < 4.78 is 0. The summed E-state index contributed by atoms with van der Waals surface area (Å²) in [5.41, 5.74) is 0.551. The predicted octanol–water partition coefficient (Wildman–Crippen LogP) is 3.13. The van der Waals surface area contributed by atoms with Gasteiger partial charge < -0.3 is 0 Å². The van der Waals surface area contributed by atoms with Gasteiger partial charge in [0.25, 0.3) is 11.8 Å². The zero-order valence-corrected chi connectivity index (χ0v) is 10.9. The smallest absolute Gasteiger partial charge is 0.259 e. The number of hydrogen-bond acceptors (Lipinski definition) is 2. The number of nitrogens with one attached hydrogen (secondary N) is 1. The van der Waals surface area contributed by atoms with E-state index >= 15 is 0 Å². The quantitative estimate of drug-likeness (QED) is 0.841. The number of hydrogen-bond donors (Lipinski definition) is 1. The van der Waals surface area contributed by atoms with Crippen molar-refractivity contribution in [2.75, 3.05) is 0 Å². The molecule has 17 heavy (non-hydrogen) atoms. The largest absolute Gasteiger partial charge is 0.288 e. The Kier molecular flexibility index (Phi) is 4.73. The van der Waals surface area contributed by atoms with Crippen LogP contribution in [0.2, 0.25) is 5.02 Å². The van der Waals surface area contributed by atoms with E-state index < -0.39 is 11.8 Å². The topological polar surface area (TPSA) is 46.2 Å². The Bertz CT molecular complexity index is 491. The molecule has 3 nitrogen and oxygen atoms in total. The Morgan fingerprint density at radius 3 is 2.29 bits per heavy atom. The van der Waals surface area contributed by atoms with Crippen LogP contribution in [0, 0.1) is 0 Å². The SMILES string of the molecule is CC(Cl)=C(C)C(=O)NC(=O)c1ccccc1Cl. The molecule has 5 heteroatoms. The fourth-order valence-corrected chi connectivity index (χ4v) is 1.37. The Balaban J connectivity index is 2.85. The van der Waals surface area contributed by atoms with E-state index in [2.05, 4.69) is 5.32 Å². The summed E-state index contributed by atoms with van der Waals surface area (Å²) in [5, 5.41) is 2.85. The molecule has 0 unspecified atom stereocenters. The third-order valence-corrected chi connectivity index (χ3v) is 2.82. The van der Waals surface area contributed by atoms with E-state index in [1.54, 1.807) is 25.1 Å². The van der Waals surface area contributed by atoms with Crippen LogP contribution in [0.3, 0.4) is 0 Å². The summed E-state index contributed by atoms with van der Waals surface area (Å²) in [4.78, 5) is 23.3. The molecule has 1 aromatic carbocycles. The van der Waals surface area contributed by atoms with Gasteiger partial charge >= 0.3 is 0 Å². The van der Waals surface area contributed by atoms with Crippen LogP contribution in [-0.2, 0) is 4.79 Å². The number of carbonyl (C=O) groups is 2. The molecule has 0 saturated carbocycles. The van der Waals surface area contributed by atoms with Crippen molar-refractivity contribution in [3.63, 3.8) is 0 Å². The van der Waals surface area contributed by atoms with Crippen molar-refractivity contribution in [1.82, 2.24) is 5.32 Å². The van der Waals surface area contributed by atoms with Crippen molar-refractivity contribution in [1.29, 1.82) is 0 Å². The van der Waals surface area contributed by atoms with E-state index in [0.717, 1.165) is 0 Å². The molecule has 0 aliphatic carbocycles. The van der Waals surface area contributed by atoms with E-state index in [9.17, 15) is 9.59 Å². The summed E-state index contributed by atoms with van der Waals surface area (Å²) in [6.45, 7) is 3.12. The highest BCUT2D eigenvalue weighted by atomic mass is 35.5. The van der Waals surface area contributed by atoms with Gasteiger partial charge in [-0.25, -0.2) is 0 Å². The fraction of sp³-hybridized carbons (Fsp3) is 0.167. The zero-order chi connectivity index (χ0) is 13.0. The second-order valence-corrected chi connectivity index (χ2v) is 4.40. The van der Waals surface area contributed by atoms with E-state index in [1.807, 2.05) is 0 Å². The van der Waals surface area contributed by atoms with E-state index in [4.69, 9.17) is 23.2 Å². The number of benzene rings is 1. The number of allylic oxidation sites excluding steroid dienone is 1. The van der Waals surface area contributed by atoms with Gasteiger partial charge in [-0.2, -0.15) is 0 Å². The number of carbonyl (C=O) groups excluding carboxylic acids is 2. The standard InChI is InChI=1S/C12H11Cl2NO2/c1-7(8(2)13)11(16)15-12(17)9-5-3-4-6-10(9)14/h3-6H,1-2H3,(H,15,16,17). The van der Waals surface area contributed by atoms with Crippen molar-refractivity contribution in [3.8, 4) is 0 Å². The maximum absolute atomic E-state index is 11.7. The molecule has 1 aromatic rings. The molecule has 0 aliphatic heterocycles. The van der Waals surface area contributed by atoms with Crippen LogP contribution in [0.15, 0.2) is 34.9 Å². The van der Waals surface area contributed by atoms with Crippen molar-refractivity contribution in [3.05, 3.63) is 45.5 Å². The van der Waals surface area contributed by atoms with E-state index in [1.165, 1.54) is 13.0 Å². The second-order valence-electron chi connectivity index (χ2n) is 3.42. The molecule has 1 rings (SSSR count). The maximum atomic E-state index is 11.7. The number of rotatable bonds is 2. The van der Waals surface area contributed by atoms with Crippen molar-refractivity contribution in [2.45, 2.75) is 13.8 Å². The number of amides is 2. The van der Waals surface area contributed by atoms with E-state index in [-0.39, 0.29) is 5.56 Å². The third kappa shape index (κ3) is 3.58. The lowest BCUT2D eigenvalue weighted by atomic mass is 10.2. The van der Waals surface area contributed by atoms with Gasteiger partial charge in [-0.3, -0.25) is 14.9 Å². The highest BCUT2D eigenvalue weighted by Gasteiger charge is 2.14. The second kappa shape index (κ2) is 5.84. The Labute approximate surface area is 109 Å². The lowest BCUT2D eigenvalue weighted by Gasteiger charge is -2.06. The fourth-order valence-electron chi connectivity index (χ4n) is 1.07. The lowest BCUT2D eigenvalue weighted by Crippen LogP contribution is -2.31. The minimum atomic E-state index is -0.544. The molecule has 1 N–H and O–H groups in total. The van der Waals surface area contributed by atoms with Crippen LogP contribution in [-0.4, -0.2) is 11.8 Å². The highest BCUT2D eigenvalue weighted by molar-refractivity contribution is 6.34. The summed E-state index contributed by atoms with van der Waals surface area (Å²) in [6, 6.07) is 6.49. The molecule has 0 radical (unpaired) electrons. The van der Waals surface area contributed by atoms with E-state index in [0.29, 0.717) is 15.6 Å². The van der Waals surface area contributed by atoms with Gasteiger partial charge in [-0.15, -0.1) is 0 Å². The van der Waals surface area contributed by atoms with Crippen molar-refractivity contribution < 1.29 is 9.59 Å². The molecule has 0 atom stereocenters. The first-order valence-electron chi connectivity index (χ1n) is 4.86. The van der Waals surface area contributed by atoms with Gasteiger partial charge in [-0.05, 0) is 26.0 Å². The third-order valence-electron chi connectivity index (χ3n) is 2.20. The van der Waals surface area contributed by atoms with Crippen molar-refractivity contribution >= 4 is 35.0 Å². The van der Waals surface area contributed by atoms with Crippen molar-refractivity contribution in [2.24, 2.45) is 0 Å². The molecule has 0 spiro atoms. The predicted molar refractivity (Wildman–Crippen MR) is 68.2 cm³/mol. The lowest BCUT2D eigenvalue weighted by molar-refractivity contribution is -0.116. The molecular formula is C12H11Cl2NO2. The summed E-state index contributed by atoms with van der Waals surface area (Å²) >= 11 is 11.5. The maximum Gasteiger partial charge on any atom is 0.259 e. The monoisotopic (exact) mass is 271 g/mol. The Morgan fingerprint density at radius 1 is 1.18 bits per heavy atom. The van der Waals surface area contributed by atoms with Crippen LogP contribution in [0.5, 0.6) is 0 Å². The molecule has 0 saturated heterocycles. The summed E-state index contributed by atoms with van der Waals surface area (Å²) in [5.74, 6) is -1.07. The van der Waals surface area contributed by atoms with Gasteiger partial charge in [0.05, 0.1) is 10.6 Å². The summed E-state index contributed by atoms with van der Waals surface area (Å²) in [6.07, 6.45) is 0. The minimum absolute atomic E-state index is 0.252. The average Bonchev–Trinajstić information content (AvgIpc) is 2.28. The van der Waals surface area contributed by atoms with Crippen LogP contribution in [0.25, 0.3) is 0 Å². The first kappa shape index (κ1) is 13.7. The Morgan fingerprint density at radius 2 is 1.76 bits per heavy atom. The Hall–Kier alpha value is -1.32. The first-order chi connectivity index (χ1) is 7.93. The van der Waals surface area contributed by atoms with Gasteiger partial charge in [0.2, 0.25) is 0 Å².